The molecule has 4 nitrogen and oxygen atoms in total. The lowest BCUT2D eigenvalue weighted by Gasteiger charge is -2.34. The van der Waals surface area contributed by atoms with E-state index >= 15 is 0 Å². The summed E-state index contributed by atoms with van der Waals surface area (Å²) in [6.45, 7) is 5.88. The van der Waals surface area contributed by atoms with Crippen molar-refractivity contribution < 1.29 is 4.79 Å². The van der Waals surface area contributed by atoms with Crippen molar-refractivity contribution in [3.05, 3.63) is 0 Å². The van der Waals surface area contributed by atoms with Crippen LogP contribution in [0.2, 0.25) is 0 Å². The summed E-state index contributed by atoms with van der Waals surface area (Å²) in [6.07, 6.45) is 7.88. The van der Waals surface area contributed by atoms with Gasteiger partial charge in [0.1, 0.15) is 0 Å². The quantitative estimate of drug-likeness (QED) is 0.814. The van der Waals surface area contributed by atoms with Gasteiger partial charge >= 0.3 is 0 Å². The molecule has 2 fully saturated rings. The Morgan fingerprint density at radius 2 is 1.85 bits per heavy atom. The molecule has 1 unspecified atom stereocenters. The number of hydrogen-bond donors (Lipinski definition) is 2. The first kappa shape index (κ1) is 17.7. The minimum absolute atomic E-state index is 0. The maximum absolute atomic E-state index is 11.8. The largest absolute Gasteiger partial charge is 0.353 e. The van der Waals surface area contributed by atoms with Gasteiger partial charge in [-0.25, -0.2) is 0 Å². The van der Waals surface area contributed by atoms with E-state index in [0.717, 1.165) is 31.8 Å². The average molecular weight is 304 g/mol. The van der Waals surface area contributed by atoms with Crippen molar-refractivity contribution in [2.24, 2.45) is 17.6 Å². The molecule has 0 aromatic carbocycles. The van der Waals surface area contributed by atoms with Crippen LogP contribution in [0.5, 0.6) is 0 Å². The van der Waals surface area contributed by atoms with Crippen molar-refractivity contribution in [1.29, 1.82) is 0 Å². The minimum Gasteiger partial charge on any atom is -0.353 e. The smallest absolute Gasteiger partial charge is 0.224 e. The molecular formula is C15H30ClN3O. The molecule has 2 rings (SSSR count). The van der Waals surface area contributed by atoms with Crippen molar-refractivity contribution >= 4 is 18.3 Å². The molecule has 1 aliphatic heterocycles. The molecule has 118 valence electrons. The van der Waals surface area contributed by atoms with Crippen LogP contribution in [-0.4, -0.2) is 43.0 Å². The van der Waals surface area contributed by atoms with Gasteiger partial charge in [-0.15, -0.1) is 12.4 Å². The van der Waals surface area contributed by atoms with Gasteiger partial charge in [0.15, 0.2) is 0 Å². The van der Waals surface area contributed by atoms with Crippen molar-refractivity contribution in [3.8, 4) is 0 Å². The number of nitrogens with one attached hydrogen (secondary N) is 1. The topological polar surface area (TPSA) is 58.4 Å². The molecule has 20 heavy (non-hydrogen) atoms. The third-order valence-corrected chi connectivity index (χ3v) is 4.73. The summed E-state index contributed by atoms with van der Waals surface area (Å²) in [5.74, 6) is 0.997. The Balaban J connectivity index is 0.00000200. The molecule has 1 aliphatic carbocycles. The number of carbonyl (C=O) groups excluding carboxylic acids is 1. The maximum Gasteiger partial charge on any atom is 0.224 e. The Bertz CT molecular complexity index is 287. The van der Waals surface area contributed by atoms with E-state index in [1.54, 1.807) is 0 Å². The molecule has 1 saturated carbocycles. The SMILES string of the molecule is CC(CN)C(=O)NC1CCN(CC2CCCC2)CC1.Cl. The zero-order valence-electron chi connectivity index (χ0n) is 12.6. The van der Waals surface area contributed by atoms with Crippen LogP contribution < -0.4 is 11.1 Å². The number of hydrogen-bond acceptors (Lipinski definition) is 3. The van der Waals surface area contributed by atoms with Crippen LogP contribution in [0.1, 0.15) is 45.4 Å². The van der Waals surface area contributed by atoms with E-state index in [0.29, 0.717) is 12.6 Å². The van der Waals surface area contributed by atoms with Crippen molar-refractivity contribution in [2.45, 2.75) is 51.5 Å². The number of halogens is 1. The molecule has 5 heteroatoms. The number of rotatable bonds is 5. The fraction of sp³-hybridized carbons (Fsp3) is 0.933. The lowest BCUT2D eigenvalue weighted by Crippen LogP contribution is -2.47. The molecule has 1 heterocycles. The van der Waals surface area contributed by atoms with Crippen LogP contribution in [0.3, 0.4) is 0 Å². The lowest BCUT2D eigenvalue weighted by atomic mass is 10.0. The molecule has 0 aromatic heterocycles. The summed E-state index contributed by atoms with van der Waals surface area (Å²) >= 11 is 0. The highest BCUT2D eigenvalue weighted by Gasteiger charge is 2.24. The van der Waals surface area contributed by atoms with E-state index in [4.69, 9.17) is 5.73 Å². The molecule has 0 spiro atoms. The van der Waals surface area contributed by atoms with E-state index in [2.05, 4.69) is 10.2 Å². The second-order valence-corrected chi connectivity index (χ2v) is 6.37. The molecule has 0 bridgehead atoms. The molecule has 1 amide bonds. The van der Waals surface area contributed by atoms with E-state index in [-0.39, 0.29) is 24.2 Å². The number of carbonyl (C=O) groups is 1. The monoisotopic (exact) mass is 303 g/mol. The van der Waals surface area contributed by atoms with Gasteiger partial charge in [0.2, 0.25) is 5.91 Å². The van der Waals surface area contributed by atoms with Crippen molar-refractivity contribution in [3.63, 3.8) is 0 Å². The molecule has 3 N–H and O–H groups in total. The summed E-state index contributed by atoms with van der Waals surface area (Å²) in [7, 11) is 0. The number of piperidine rings is 1. The summed E-state index contributed by atoms with van der Waals surface area (Å²) < 4.78 is 0. The van der Waals surface area contributed by atoms with Gasteiger partial charge in [-0.05, 0) is 31.6 Å². The lowest BCUT2D eigenvalue weighted by molar-refractivity contribution is -0.125. The van der Waals surface area contributed by atoms with Gasteiger partial charge < -0.3 is 16.0 Å². The standard InChI is InChI=1S/C15H29N3O.ClH/c1-12(10-16)15(19)17-14-6-8-18(9-7-14)11-13-4-2-3-5-13;/h12-14H,2-11,16H2,1H3,(H,17,19);1H. The Morgan fingerprint density at radius 3 is 2.40 bits per heavy atom. The summed E-state index contributed by atoms with van der Waals surface area (Å²) in [5.41, 5.74) is 5.52. The van der Waals surface area contributed by atoms with Gasteiger partial charge in [0.25, 0.3) is 0 Å². The second-order valence-electron chi connectivity index (χ2n) is 6.37. The van der Waals surface area contributed by atoms with Gasteiger partial charge in [0.05, 0.1) is 0 Å². The van der Waals surface area contributed by atoms with Gasteiger partial charge in [-0.3, -0.25) is 4.79 Å². The van der Waals surface area contributed by atoms with Gasteiger partial charge in [-0.2, -0.15) is 0 Å². The first-order valence-electron chi connectivity index (χ1n) is 7.92. The van der Waals surface area contributed by atoms with Crippen LogP contribution in [-0.2, 0) is 4.79 Å². The molecule has 1 atom stereocenters. The Kier molecular flexibility index (Phi) is 7.85. The Labute approximate surface area is 129 Å². The summed E-state index contributed by atoms with van der Waals surface area (Å²) in [4.78, 5) is 14.4. The third-order valence-electron chi connectivity index (χ3n) is 4.73. The van der Waals surface area contributed by atoms with Crippen molar-refractivity contribution in [2.75, 3.05) is 26.2 Å². The number of amides is 1. The number of nitrogens with zero attached hydrogens (tertiary/aromatic N) is 1. The third kappa shape index (κ3) is 5.23. The first-order valence-corrected chi connectivity index (χ1v) is 7.92. The van der Waals surface area contributed by atoms with Crippen LogP contribution in [0.4, 0.5) is 0 Å². The van der Waals surface area contributed by atoms with E-state index in [1.807, 2.05) is 6.92 Å². The fourth-order valence-corrected chi connectivity index (χ4v) is 3.27. The normalized spacial score (nSPS) is 23.3. The van der Waals surface area contributed by atoms with Crippen LogP contribution >= 0.6 is 12.4 Å². The van der Waals surface area contributed by atoms with E-state index < -0.39 is 0 Å². The highest BCUT2D eigenvalue weighted by atomic mass is 35.5. The van der Waals surface area contributed by atoms with Gasteiger partial charge in [-0.1, -0.05) is 19.8 Å². The van der Waals surface area contributed by atoms with Crippen LogP contribution in [0.25, 0.3) is 0 Å². The number of nitrogens with two attached hydrogens (primary N) is 1. The van der Waals surface area contributed by atoms with Crippen molar-refractivity contribution in [1.82, 2.24) is 10.2 Å². The van der Waals surface area contributed by atoms with Crippen LogP contribution in [0, 0.1) is 11.8 Å². The van der Waals surface area contributed by atoms with Gasteiger partial charge in [0, 0.05) is 38.1 Å². The fourth-order valence-electron chi connectivity index (χ4n) is 3.27. The highest BCUT2D eigenvalue weighted by molar-refractivity contribution is 5.85. The summed E-state index contributed by atoms with van der Waals surface area (Å²) in [6, 6.07) is 0.362. The molecule has 0 radical (unpaired) electrons. The summed E-state index contributed by atoms with van der Waals surface area (Å²) in [5, 5.41) is 3.14. The zero-order chi connectivity index (χ0) is 13.7. The number of likely N-dealkylation sites (tertiary alicyclic amines) is 1. The van der Waals surface area contributed by atoms with E-state index in [1.165, 1.54) is 32.2 Å². The highest BCUT2D eigenvalue weighted by Crippen LogP contribution is 2.26. The average Bonchev–Trinajstić information content (AvgIpc) is 2.93. The molecule has 1 saturated heterocycles. The molecule has 0 aromatic rings. The predicted molar refractivity (Wildman–Crippen MR) is 85.0 cm³/mol. The maximum atomic E-state index is 11.8. The first-order chi connectivity index (χ1) is 9.19. The van der Waals surface area contributed by atoms with Crippen LogP contribution in [0.15, 0.2) is 0 Å². The molecule has 2 aliphatic rings. The zero-order valence-corrected chi connectivity index (χ0v) is 13.5. The predicted octanol–water partition coefficient (Wildman–Crippen LogP) is 1.77. The minimum atomic E-state index is -0.0588. The second kappa shape index (κ2) is 8.85. The Hall–Kier alpha value is -0.320. The Morgan fingerprint density at radius 1 is 1.25 bits per heavy atom. The molecular weight excluding hydrogens is 274 g/mol. The van der Waals surface area contributed by atoms with E-state index in [9.17, 15) is 4.79 Å².